The first-order chi connectivity index (χ1) is 8.87. The minimum absolute atomic E-state index is 0.193. The maximum atomic E-state index is 13.0. The Morgan fingerprint density at radius 2 is 2.32 bits per heavy atom. The molecule has 0 saturated carbocycles. The fraction of sp³-hybridized carbons (Fsp3) is 0.500. The van der Waals surface area contributed by atoms with Crippen LogP contribution in [-0.4, -0.2) is 40.7 Å². The summed E-state index contributed by atoms with van der Waals surface area (Å²) in [6.07, 6.45) is -0.137. The molecule has 1 aliphatic heterocycles. The van der Waals surface area contributed by atoms with Crippen LogP contribution >= 0.6 is 0 Å². The van der Waals surface area contributed by atoms with Crippen molar-refractivity contribution in [1.82, 2.24) is 4.90 Å². The Balaban J connectivity index is 1.97. The van der Waals surface area contributed by atoms with E-state index >= 15 is 0 Å². The number of hydrogen-bond donors (Lipinski definition) is 1. The molecule has 1 aromatic rings. The zero-order valence-corrected chi connectivity index (χ0v) is 11.1. The Bertz CT molecular complexity index is 476. The molecule has 0 spiro atoms. The quantitative estimate of drug-likeness (QED) is 0.904. The van der Waals surface area contributed by atoms with Crippen LogP contribution in [0.3, 0.4) is 0 Å². The number of hydrogen-bond acceptors (Lipinski definition) is 3. The van der Waals surface area contributed by atoms with E-state index in [4.69, 9.17) is 4.74 Å². The molecule has 19 heavy (non-hydrogen) atoms. The molecule has 0 bridgehead atoms. The number of aliphatic hydroxyl groups is 1. The molecule has 2 rings (SSSR count). The average molecular weight is 267 g/mol. The molecule has 1 amide bonds. The van der Waals surface area contributed by atoms with Gasteiger partial charge < -0.3 is 14.7 Å². The molecule has 2 atom stereocenters. The summed E-state index contributed by atoms with van der Waals surface area (Å²) in [4.78, 5) is 13.7. The van der Waals surface area contributed by atoms with Crippen molar-refractivity contribution in [2.24, 2.45) is 0 Å². The molecule has 0 aliphatic carbocycles. The number of rotatable bonds is 3. The van der Waals surface area contributed by atoms with Crippen LogP contribution in [-0.2, 0) is 4.79 Å². The zero-order valence-electron chi connectivity index (χ0n) is 11.1. The largest absolute Gasteiger partial charge is 0.481 e. The molecule has 4 nitrogen and oxygen atoms in total. The van der Waals surface area contributed by atoms with Gasteiger partial charge in [-0.3, -0.25) is 4.79 Å². The normalized spacial score (nSPS) is 24.3. The van der Waals surface area contributed by atoms with E-state index in [-0.39, 0.29) is 5.91 Å². The second kappa shape index (κ2) is 5.17. The Kier molecular flexibility index (Phi) is 3.75. The molecule has 5 heteroatoms. The van der Waals surface area contributed by atoms with Crippen molar-refractivity contribution in [3.63, 3.8) is 0 Å². The van der Waals surface area contributed by atoms with Crippen molar-refractivity contribution in [2.75, 3.05) is 13.1 Å². The highest BCUT2D eigenvalue weighted by molar-refractivity contribution is 5.81. The lowest BCUT2D eigenvalue weighted by molar-refractivity contribution is -0.137. The van der Waals surface area contributed by atoms with Gasteiger partial charge in [-0.2, -0.15) is 0 Å². The molecule has 104 valence electrons. The van der Waals surface area contributed by atoms with Crippen LogP contribution in [0.2, 0.25) is 0 Å². The van der Waals surface area contributed by atoms with Gasteiger partial charge in [0, 0.05) is 19.2 Å². The number of nitrogens with zero attached hydrogens (tertiary/aromatic N) is 1. The summed E-state index contributed by atoms with van der Waals surface area (Å²) in [5, 5.41) is 9.84. The minimum atomic E-state index is -0.825. The van der Waals surface area contributed by atoms with Gasteiger partial charge in [-0.25, -0.2) is 4.39 Å². The molecule has 0 aromatic heterocycles. The van der Waals surface area contributed by atoms with Crippen LogP contribution < -0.4 is 4.74 Å². The molecular weight excluding hydrogens is 249 g/mol. The van der Waals surface area contributed by atoms with Crippen molar-refractivity contribution in [1.29, 1.82) is 0 Å². The first-order valence-electron chi connectivity index (χ1n) is 6.31. The Hall–Kier alpha value is -1.62. The Morgan fingerprint density at radius 1 is 1.58 bits per heavy atom. The van der Waals surface area contributed by atoms with E-state index in [0.29, 0.717) is 25.3 Å². The number of halogens is 1. The van der Waals surface area contributed by atoms with Gasteiger partial charge >= 0.3 is 0 Å². The summed E-state index contributed by atoms with van der Waals surface area (Å²) < 4.78 is 18.4. The van der Waals surface area contributed by atoms with E-state index in [1.54, 1.807) is 24.8 Å². The van der Waals surface area contributed by atoms with Gasteiger partial charge in [-0.05, 0) is 32.4 Å². The minimum Gasteiger partial charge on any atom is -0.481 e. The summed E-state index contributed by atoms with van der Waals surface area (Å²) in [6, 6.07) is 5.69. The van der Waals surface area contributed by atoms with E-state index < -0.39 is 17.5 Å². The summed E-state index contributed by atoms with van der Waals surface area (Å²) in [5.41, 5.74) is -0.825. The number of amides is 1. The van der Waals surface area contributed by atoms with E-state index in [2.05, 4.69) is 0 Å². The van der Waals surface area contributed by atoms with Crippen LogP contribution in [0.1, 0.15) is 20.3 Å². The summed E-state index contributed by atoms with van der Waals surface area (Å²) in [6.45, 7) is 4.16. The molecule has 1 saturated heterocycles. The van der Waals surface area contributed by atoms with E-state index in [0.717, 1.165) is 0 Å². The van der Waals surface area contributed by atoms with Crippen LogP contribution in [0.5, 0.6) is 5.75 Å². The van der Waals surface area contributed by atoms with E-state index in [9.17, 15) is 14.3 Å². The topological polar surface area (TPSA) is 49.8 Å². The fourth-order valence-electron chi connectivity index (χ4n) is 2.19. The molecule has 2 unspecified atom stereocenters. The lowest BCUT2D eigenvalue weighted by atomic mass is 10.1. The molecule has 1 fully saturated rings. The van der Waals surface area contributed by atoms with Gasteiger partial charge in [0.25, 0.3) is 5.91 Å². The number of β-amino-alcohol motifs (C(OH)–C–C–N with tert-alkyl or cyclic N) is 1. The first kappa shape index (κ1) is 13.8. The molecular formula is C14H18FNO3. The van der Waals surface area contributed by atoms with Gasteiger partial charge in [0.05, 0.1) is 5.60 Å². The maximum absolute atomic E-state index is 13.0. The van der Waals surface area contributed by atoms with Crippen LogP contribution in [0.25, 0.3) is 0 Å². The predicted molar refractivity (Wildman–Crippen MR) is 68.3 cm³/mol. The van der Waals surface area contributed by atoms with Crippen LogP contribution in [0.15, 0.2) is 24.3 Å². The van der Waals surface area contributed by atoms with E-state index in [1.165, 1.54) is 18.2 Å². The van der Waals surface area contributed by atoms with Crippen molar-refractivity contribution in [2.45, 2.75) is 32.0 Å². The number of carbonyl (C=O) groups is 1. The summed E-state index contributed by atoms with van der Waals surface area (Å²) >= 11 is 0. The third kappa shape index (κ3) is 3.44. The number of likely N-dealkylation sites (tertiary alicyclic amines) is 1. The molecule has 1 aromatic carbocycles. The predicted octanol–water partition coefficient (Wildman–Crippen LogP) is 1.58. The number of benzene rings is 1. The van der Waals surface area contributed by atoms with Crippen molar-refractivity contribution in [3.05, 3.63) is 30.1 Å². The second-order valence-corrected chi connectivity index (χ2v) is 5.22. The highest BCUT2D eigenvalue weighted by Crippen LogP contribution is 2.22. The fourth-order valence-corrected chi connectivity index (χ4v) is 2.19. The Morgan fingerprint density at radius 3 is 2.89 bits per heavy atom. The number of ether oxygens (including phenoxy) is 1. The molecule has 1 heterocycles. The SMILES string of the molecule is CC(Oc1cccc(F)c1)C(=O)N1CCC(C)(O)C1. The monoisotopic (exact) mass is 267 g/mol. The van der Waals surface area contributed by atoms with Gasteiger partial charge in [-0.15, -0.1) is 0 Å². The molecule has 1 aliphatic rings. The summed E-state index contributed by atoms with van der Waals surface area (Å²) in [7, 11) is 0. The smallest absolute Gasteiger partial charge is 0.263 e. The third-order valence-corrected chi connectivity index (χ3v) is 3.22. The zero-order chi connectivity index (χ0) is 14.0. The lowest BCUT2D eigenvalue weighted by Gasteiger charge is -2.23. The molecule has 1 N–H and O–H groups in total. The lowest BCUT2D eigenvalue weighted by Crippen LogP contribution is -2.41. The van der Waals surface area contributed by atoms with Crippen LogP contribution in [0, 0.1) is 5.82 Å². The van der Waals surface area contributed by atoms with Gasteiger partial charge in [0.15, 0.2) is 6.10 Å². The highest BCUT2D eigenvalue weighted by Gasteiger charge is 2.36. The second-order valence-electron chi connectivity index (χ2n) is 5.22. The maximum Gasteiger partial charge on any atom is 0.263 e. The van der Waals surface area contributed by atoms with Gasteiger partial charge in [-0.1, -0.05) is 6.07 Å². The number of carbonyl (C=O) groups excluding carboxylic acids is 1. The van der Waals surface area contributed by atoms with Gasteiger partial charge in [0.1, 0.15) is 11.6 Å². The first-order valence-corrected chi connectivity index (χ1v) is 6.31. The van der Waals surface area contributed by atoms with Crippen molar-refractivity contribution in [3.8, 4) is 5.75 Å². The van der Waals surface area contributed by atoms with Crippen molar-refractivity contribution < 1.29 is 19.0 Å². The standard InChI is InChI=1S/C14H18FNO3/c1-10(19-12-5-3-4-11(15)8-12)13(17)16-7-6-14(2,18)9-16/h3-5,8,10,18H,6-7,9H2,1-2H3. The third-order valence-electron chi connectivity index (χ3n) is 3.22. The van der Waals surface area contributed by atoms with Gasteiger partial charge in [0.2, 0.25) is 0 Å². The van der Waals surface area contributed by atoms with Crippen molar-refractivity contribution >= 4 is 5.91 Å². The summed E-state index contributed by atoms with van der Waals surface area (Å²) in [5.74, 6) is -0.268. The van der Waals surface area contributed by atoms with Crippen LogP contribution in [0.4, 0.5) is 4.39 Å². The Labute approximate surface area is 111 Å². The van der Waals surface area contributed by atoms with E-state index in [1.807, 2.05) is 0 Å². The highest BCUT2D eigenvalue weighted by atomic mass is 19.1. The molecule has 0 radical (unpaired) electrons. The average Bonchev–Trinajstić information content (AvgIpc) is 2.68.